The summed E-state index contributed by atoms with van der Waals surface area (Å²) in [4.78, 5) is 19.4. The lowest BCUT2D eigenvalue weighted by molar-refractivity contribution is -0.133. The van der Waals surface area contributed by atoms with E-state index in [1.165, 1.54) is 0 Å². The number of methoxy groups -OCH3 is 1. The number of fused-ring (bicyclic) bond motifs is 1. The maximum absolute atomic E-state index is 12.9. The molecule has 24 heavy (non-hydrogen) atoms. The van der Waals surface area contributed by atoms with E-state index in [-0.39, 0.29) is 11.9 Å². The van der Waals surface area contributed by atoms with Crippen molar-refractivity contribution in [3.63, 3.8) is 0 Å². The molecule has 1 aliphatic rings. The molecule has 128 valence electrons. The van der Waals surface area contributed by atoms with Crippen molar-refractivity contribution in [3.05, 3.63) is 48.0 Å². The number of carbonyl (C=O) groups excluding carboxylic acids is 1. The quantitative estimate of drug-likeness (QED) is 0.847. The second-order valence-electron chi connectivity index (χ2n) is 6.16. The standard InChI is InChI=1S/C19H25N3O2/c1-3-16-19-20-11-14-21(19)12-6-13-22(16)18(23)10-9-15-7-4-5-8-17(15)24-2/h4-5,7-8,11,14,16H,3,6,9-10,12-13H2,1-2H3. The molecule has 1 aliphatic heterocycles. The van der Waals surface area contributed by atoms with Gasteiger partial charge in [0.2, 0.25) is 5.91 Å². The summed E-state index contributed by atoms with van der Waals surface area (Å²) >= 11 is 0. The number of hydrogen-bond acceptors (Lipinski definition) is 3. The molecule has 5 heteroatoms. The van der Waals surface area contributed by atoms with Gasteiger partial charge in [-0.1, -0.05) is 25.1 Å². The number of amides is 1. The Balaban J connectivity index is 1.72. The number of rotatable bonds is 5. The summed E-state index contributed by atoms with van der Waals surface area (Å²) in [5, 5.41) is 0. The lowest BCUT2D eigenvalue weighted by Crippen LogP contribution is -2.35. The van der Waals surface area contributed by atoms with E-state index in [2.05, 4.69) is 16.5 Å². The average Bonchev–Trinajstić information content (AvgIpc) is 3.00. The van der Waals surface area contributed by atoms with Crippen LogP contribution in [0.2, 0.25) is 0 Å². The van der Waals surface area contributed by atoms with E-state index in [0.717, 1.165) is 43.1 Å². The molecule has 5 nitrogen and oxygen atoms in total. The monoisotopic (exact) mass is 327 g/mol. The molecule has 0 saturated heterocycles. The van der Waals surface area contributed by atoms with Crippen LogP contribution in [0.25, 0.3) is 0 Å². The maximum atomic E-state index is 12.9. The van der Waals surface area contributed by atoms with Gasteiger partial charge in [0, 0.05) is 31.9 Å². The molecule has 0 radical (unpaired) electrons. The summed E-state index contributed by atoms with van der Waals surface area (Å²) in [6, 6.07) is 7.98. The zero-order valence-corrected chi connectivity index (χ0v) is 14.4. The van der Waals surface area contributed by atoms with Gasteiger partial charge < -0.3 is 14.2 Å². The Hall–Kier alpha value is -2.30. The SMILES string of the molecule is CCC1c2nccn2CCCN1C(=O)CCc1ccccc1OC. The van der Waals surface area contributed by atoms with Crippen LogP contribution < -0.4 is 4.74 Å². The van der Waals surface area contributed by atoms with Crippen molar-refractivity contribution in [3.8, 4) is 5.75 Å². The third-order valence-corrected chi connectivity index (χ3v) is 4.73. The molecule has 1 atom stereocenters. The smallest absolute Gasteiger partial charge is 0.223 e. The number of ether oxygens (including phenoxy) is 1. The zero-order valence-electron chi connectivity index (χ0n) is 14.4. The molecule has 1 aromatic heterocycles. The topological polar surface area (TPSA) is 47.4 Å². The van der Waals surface area contributed by atoms with Gasteiger partial charge in [0.1, 0.15) is 11.6 Å². The molecule has 0 bridgehead atoms. The number of imidazole rings is 1. The lowest BCUT2D eigenvalue weighted by atomic mass is 10.1. The predicted octanol–water partition coefficient (Wildman–Crippen LogP) is 3.21. The van der Waals surface area contributed by atoms with Gasteiger partial charge in [0.05, 0.1) is 13.2 Å². The van der Waals surface area contributed by atoms with Crippen molar-refractivity contribution in [2.24, 2.45) is 0 Å². The van der Waals surface area contributed by atoms with E-state index in [1.54, 1.807) is 7.11 Å². The molecule has 2 aromatic rings. The number of aryl methyl sites for hydroxylation is 2. The fraction of sp³-hybridized carbons (Fsp3) is 0.474. The number of hydrogen-bond donors (Lipinski definition) is 0. The zero-order chi connectivity index (χ0) is 16.9. The second-order valence-corrected chi connectivity index (χ2v) is 6.16. The molecule has 0 saturated carbocycles. The molecule has 0 fully saturated rings. The molecule has 1 amide bonds. The van der Waals surface area contributed by atoms with Gasteiger partial charge in [-0.25, -0.2) is 4.98 Å². The minimum atomic E-state index is 0.0765. The Morgan fingerprint density at radius 1 is 1.33 bits per heavy atom. The van der Waals surface area contributed by atoms with Crippen LogP contribution in [0.1, 0.15) is 43.6 Å². The molecule has 0 N–H and O–H groups in total. The van der Waals surface area contributed by atoms with Crippen molar-refractivity contribution in [1.82, 2.24) is 14.5 Å². The van der Waals surface area contributed by atoms with Crippen molar-refractivity contribution in [2.75, 3.05) is 13.7 Å². The Morgan fingerprint density at radius 3 is 2.96 bits per heavy atom. The molecule has 0 spiro atoms. The molecule has 0 aliphatic carbocycles. The molecule has 2 heterocycles. The third kappa shape index (κ3) is 3.30. The highest BCUT2D eigenvalue weighted by Gasteiger charge is 2.28. The summed E-state index contributed by atoms with van der Waals surface area (Å²) < 4.78 is 7.57. The highest BCUT2D eigenvalue weighted by atomic mass is 16.5. The fourth-order valence-electron chi connectivity index (χ4n) is 3.51. The van der Waals surface area contributed by atoms with Crippen LogP contribution in [0.4, 0.5) is 0 Å². The first-order valence-electron chi connectivity index (χ1n) is 8.67. The summed E-state index contributed by atoms with van der Waals surface area (Å²) in [7, 11) is 1.67. The summed E-state index contributed by atoms with van der Waals surface area (Å²) in [5.74, 6) is 2.06. The van der Waals surface area contributed by atoms with E-state index < -0.39 is 0 Å². The van der Waals surface area contributed by atoms with E-state index in [0.29, 0.717) is 12.8 Å². The number of benzene rings is 1. The van der Waals surface area contributed by atoms with Crippen molar-refractivity contribution < 1.29 is 9.53 Å². The van der Waals surface area contributed by atoms with Gasteiger partial charge in [-0.2, -0.15) is 0 Å². The minimum absolute atomic E-state index is 0.0765. The Kier molecular flexibility index (Phi) is 5.18. The fourth-order valence-corrected chi connectivity index (χ4v) is 3.51. The first kappa shape index (κ1) is 16.6. The van der Waals surface area contributed by atoms with Crippen LogP contribution in [0, 0.1) is 0 Å². The number of para-hydroxylation sites is 1. The first-order chi connectivity index (χ1) is 11.7. The second kappa shape index (κ2) is 7.51. The highest BCUT2D eigenvalue weighted by Crippen LogP contribution is 2.28. The van der Waals surface area contributed by atoms with Crippen molar-refractivity contribution in [1.29, 1.82) is 0 Å². The van der Waals surface area contributed by atoms with Crippen LogP contribution in [0.15, 0.2) is 36.7 Å². The van der Waals surface area contributed by atoms with Crippen LogP contribution in [0.3, 0.4) is 0 Å². The minimum Gasteiger partial charge on any atom is -0.496 e. The Bertz CT molecular complexity index is 695. The van der Waals surface area contributed by atoms with Gasteiger partial charge in [-0.3, -0.25) is 4.79 Å². The van der Waals surface area contributed by atoms with Crippen LogP contribution in [0.5, 0.6) is 5.75 Å². The molecule has 1 aromatic carbocycles. The average molecular weight is 327 g/mol. The molecule has 3 rings (SSSR count). The van der Waals surface area contributed by atoms with E-state index in [4.69, 9.17) is 4.74 Å². The highest BCUT2D eigenvalue weighted by molar-refractivity contribution is 5.77. The van der Waals surface area contributed by atoms with Gasteiger partial charge in [-0.15, -0.1) is 0 Å². The van der Waals surface area contributed by atoms with Crippen LogP contribution in [-0.4, -0.2) is 34.0 Å². The summed E-state index contributed by atoms with van der Waals surface area (Å²) in [5.41, 5.74) is 1.08. The number of nitrogens with zero attached hydrogens (tertiary/aromatic N) is 3. The predicted molar refractivity (Wildman–Crippen MR) is 92.9 cm³/mol. The largest absolute Gasteiger partial charge is 0.496 e. The number of aromatic nitrogens is 2. The molecular weight excluding hydrogens is 302 g/mol. The Morgan fingerprint density at radius 2 is 2.17 bits per heavy atom. The van der Waals surface area contributed by atoms with Gasteiger partial charge in [-0.05, 0) is 30.9 Å². The van der Waals surface area contributed by atoms with Gasteiger partial charge >= 0.3 is 0 Å². The van der Waals surface area contributed by atoms with Crippen LogP contribution >= 0.6 is 0 Å². The normalized spacial score (nSPS) is 17.2. The Labute approximate surface area is 143 Å². The number of carbonyl (C=O) groups is 1. The van der Waals surface area contributed by atoms with Gasteiger partial charge in [0.15, 0.2) is 0 Å². The molecule has 1 unspecified atom stereocenters. The maximum Gasteiger partial charge on any atom is 0.223 e. The van der Waals surface area contributed by atoms with E-state index in [9.17, 15) is 4.79 Å². The first-order valence-corrected chi connectivity index (χ1v) is 8.67. The van der Waals surface area contributed by atoms with E-state index >= 15 is 0 Å². The van der Waals surface area contributed by atoms with Gasteiger partial charge in [0.25, 0.3) is 0 Å². The van der Waals surface area contributed by atoms with Crippen LogP contribution in [-0.2, 0) is 17.8 Å². The third-order valence-electron chi connectivity index (χ3n) is 4.73. The summed E-state index contributed by atoms with van der Waals surface area (Å²) in [6.45, 7) is 3.85. The molecular formula is C19H25N3O2. The lowest BCUT2D eigenvalue weighted by Gasteiger charge is -2.28. The van der Waals surface area contributed by atoms with E-state index in [1.807, 2.05) is 41.6 Å². The van der Waals surface area contributed by atoms with Crippen molar-refractivity contribution >= 4 is 5.91 Å². The van der Waals surface area contributed by atoms with Crippen molar-refractivity contribution in [2.45, 2.75) is 45.2 Å². The summed E-state index contributed by atoms with van der Waals surface area (Å²) in [6.07, 6.45) is 6.90.